The molecule has 1 aromatic rings. The third-order valence-corrected chi connectivity index (χ3v) is 3.51. The summed E-state index contributed by atoms with van der Waals surface area (Å²) in [6.07, 6.45) is 11.2. The summed E-state index contributed by atoms with van der Waals surface area (Å²) in [7, 11) is 0. The predicted octanol–water partition coefficient (Wildman–Crippen LogP) is 4.83. The van der Waals surface area contributed by atoms with Crippen molar-refractivity contribution in [2.24, 2.45) is 5.92 Å². The maximum atomic E-state index is 12.0. The van der Waals surface area contributed by atoms with Crippen molar-refractivity contribution in [1.29, 1.82) is 0 Å². The smallest absolute Gasteiger partial charge is 0.232 e. The van der Waals surface area contributed by atoms with E-state index < -0.39 is 11.4 Å². The van der Waals surface area contributed by atoms with Gasteiger partial charge in [0.2, 0.25) is 5.63 Å². The van der Waals surface area contributed by atoms with Crippen LogP contribution < -0.4 is 5.63 Å². The molecule has 0 atom stereocenters. The van der Waals surface area contributed by atoms with Crippen molar-refractivity contribution in [3.63, 3.8) is 0 Å². The molecule has 0 aromatic carbocycles. The molecule has 1 radical (unpaired) electrons. The van der Waals surface area contributed by atoms with Gasteiger partial charge < -0.3 is 14.3 Å². The van der Waals surface area contributed by atoms with E-state index in [1.807, 2.05) is 33.8 Å². The summed E-state index contributed by atoms with van der Waals surface area (Å²) < 4.78 is 4.59. The Bertz CT molecular complexity index is 555. The molecule has 1 N–H and O–H groups in total. The van der Waals surface area contributed by atoms with Crippen LogP contribution in [0.2, 0.25) is 0 Å². The zero-order chi connectivity index (χ0) is 17.8. The fourth-order valence-corrected chi connectivity index (χ4v) is 2.36. The van der Waals surface area contributed by atoms with Gasteiger partial charge >= 0.3 is 0 Å². The van der Waals surface area contributed by atoms with Gasteiger partial charge in [-0.2, -0.15) is 0 Å². The van der Waals surface area contributed by atoms with E-state index in [2.05, 4.69) is 10.7 Å². The van der Waals surface area contributed by atoms with Crippen LogP contribution in [0, 0.1) is 54.7 Å². The van der Waals surface area contributed by atoms with Gasteiger partial charge in [-0.25, -0.2) is 0 Å². The first-order chi connectivity index (χ1) is 11.1. The average Bonchev–Trinajstić information content (AvgIpc) is 2.61. The van der Waals surface area contributed by atoms with Gasteiger partial charge in [-0.15, -0.1) is 0 Å². The quantitative estimate of drug-likeness (QED) is 0.399. The zero-order valence-electron chi connectivity index (χ0n) is 15.5. The first-order valence-corrected chi connectivity index (χ1v) is 8.56. The van der Waals surface area contributed by atoms with Crippen molar-refractivity contribution in [2.45, 2.75) is 66.7 Å². The number of ketones is 1. The number of hydrogen-bond donors (Lipinski definition) is 1. The van der Waals surface area contributed by atoms with Crippen LogP contribution in [0.15, 0.2) is 21.4 Å². The predicted molar refractivity (Wildman–Crippen MR) is 93.0 cm³/mol. The summed E-state index contributed by atoms with van der Waals surface area (Å²) in [5, 5.41) is 9.74. The number of hydrogen-bond acceptors (Lipinski definition) is 4. The van der Waals surface area contributed by atoms with Gasteiger partial charge in [-0.3, -0.25) is 4.79 Å². The minimum absolute atomic E-state index is 0. The van der Waals surface area contributed by atoms with Crippen molar-refractivity contribution < 1.29 is 49.9 Å². The van der Waals surface area contributed by atoms with Crippen molar-refractivity contribution >= 4 is 5.78 Å². The summed E-state index contributed by atoms with van der Waals surface area (Å²) in [5.74, 6) is -0.452. The second-order valence-electron chi connectivity index (χ2n) is 4.96. The van der Waals surface area contributed by atoms with Gasteiger partial charge in [0.15, 0.2) is 5.78 Å². The summed E-state index contributed by atoms with van der Waals surface area (Å²) in [5.41, 5.74) is -0.890. The van der Waals surface area contributed by atoms with Gasteiger partial charge in [0, 0.05) is 53.2 Å². The molecule has 1 heterocycles. The third-order valence-electron chi connectivity index (χ3n) is 3.51. The molecule has 4 nitrogen and oxygen atoms in total. The first kappa shape index (κ1) is 25.6. The minimum atomic E-state index is -0.846. The van der Waals surface area contributed by atoms with Gasteiger partial charge in [0.1, 0.15) is 0 Å². The van der Waals surface area contributed by atoms with Crippen LogP contribution in [-0.4, -0.2) is 10.9 Å². The Labute approximate surface area is 173 Å². The van der Waals surface area contributed by atoms with Crippen LogP contribution in [0.4, 0.5) is 0 Å². The molecule has 0 spiro atoms. The number of aryl methyl sites for hydroxylation is 1. The molecule has 0 unspecified atom stereocenters. The van der Waals surface area contributed by atoms with E-state index in [0.717, 1.165) is 12.8 Å². The van der Waals surface area contributed by atoms with Gasteiger partial charge in [-0.05, 0) is 24.8 Å². The maximum Gasteiger partial charge on any atom is 0.232 e. The Morgan fingerprint density at radius 3 is 2.25 bits per heavy atom. The van der Waals surface area contributed by atoms with E-state index in [1.54, 1.807) is 0 Å². The number of allylic oxidation sites excluding steroid dienone is 2. The molecule has 0 aliphatic heterocycles. The van der Waals surface area contributed by atoms with E-state index in [1.165, 1.54) is 32.3 Å². The number of rotatable bonds is 3. The topological polar surface area (TPSA) is 67.5 Å². The molecular weight excluding hydrogens is 431 g/mol. The molecule has 0 amide bonds. The molecule has 0 saturated heterocycles. The molecule has 2 rings (SSSR count). The average molecular weight is 460 g/mol. The van der Waals surface area contributed by atoms with Crippen LogP contribution >= 0.6 is 0 Å². The van der Waals surface area contributed by atoms with Crippen LogP contribution in [0.3, 0.4) is 0 Å². The second kappa shape index (κ2) is 14.7. The molecule has 24 heavy (non-hydrogen) atoms. The molecular formula is C19H29LaO4-. The monoisotopic (exact) mass is 460 g/mol. The Hall–Kier alpha value is -0.645. The minimum Gasteiger partial charge on any atom is -0.564 e. The van der Waals surface area contributed by atoms with Crippen molar-refractivity contribution in [3.8, 4) is 5.75 Å². The molecule has 1 aromatic heterocycles. The molecule has 5 heteroatoms. The number of carbonyl (C=O) groups is 1. The molecule has 0 bridgehead atoms. The van der Waals surface area contributed by atoms with Gasteiger partial charge in [0.05, 0.1) is 0 Å². The Morgan fingerprint density at radius 1 is 1.17 bits per heavy atom. The largest absolute Gasteiger partial charge is 0.564 e. The van der Waals surface area contributed by atoms with Gasteiger partial charge in [0.25, 0.3) is 0 Å². The second-order valence-corrected chi connectivity index (χ2v) is 4.96. The van der Waals surface area contributed by atoms with Crippen molar-refractivity contribution in [3.05, 3.63) is 40.0 Å². The standard InChI is InChI=1S/C15H17O4.2C2H6.La/c1-10-9-19-15(18)13(14(10)17)12(16)8-7-11-5-3-2-4-6-11;2*1-2;/h7-8,11,17H,2-6H2,1H3;2*1-2H3;/q-1;;;/b8-7+;;;. The Kier molecular flexibility index (Phi) is 15.7. The normalized spacial score (nSPS) is 13.9. The van der Waals surface area contributed by atoms with Crippen molar-refractivity contribution in [2.75, 3.05) is 0 Å². The number of aromatic hydroxyl groups is 1. The molecule has 1 saturated carbocycles. The Balaban J connectivity index is 0. The maximum absolute atomic E-state index is 12.0. The van der Waals surface area contributed by atoms with Crippen LogP contribution in [0.5, 0.6) is 5.75 Å². The third kappa shape index (κ3) is 7.95. The van der Waals surface area contributed by atoms with Crippen molar-refractivity contribution in [1.82, 2.24) is 0 Å². The summed E-state index contributed by atoms with van der Waals surface area (Å²) in [6, 6.07) is 0. The fourth-order valence-electron chi connectivity index (χ4n) is 2.36. The number of carbonyl (C=O) groups excluding carboxylic acids is 1. The van der Waals surface area contributed by atoms with Crippen LogP contribution in [0.1, 0.15) is 75.7 Å². The van der Waals surface area contributed by atoms with E-state index >= 15 is 0 Å². The Morgan fingerprint density at radius 2 is 1.71 bits per heavy atom. The molecule has 1 aliphatic rings. The first-order valence-electron chi connectivity index (χ1n) is 8.56. The zero-order valence-corrected chi connectivity index (χ0v) is 19.1. The van der Waals surface area contributed by atoms with Crippen LogP contribution in [-0.2, 0) is 0 Å². The van der Waals surface area contributed by atoms with E-state index in [4.69, 9.17) is 0 Å². The summed E-state index contributed by atoms with van der Waals surface area (Å²) >= 11 is 0. The van der Waals surface area contributed by atoms with E-state index in [9.17, 15) is 14.7 Å². The molecule has 1 aliphatic carbocycles. The molecule has 1 fully saturated rings. The molecule has 133 valence electrons. The van der Waals surface area contributed by atoms with E-state index in [0.29, 0.717) is 5.92 Å². The fraction of sp³-hybridized carbons (Fsp3) is 0.579. The summed E-state index contributed by atoms with van der Waals surface area (Å²) in [4.78, 5) is 23.4. The summed E-state index contributed by atoms with van der Waals surface area (Å²) in [6.45, 7) is 9.53. The van der Waals surface area contributed by atoms with E-state index in [-0.39, 0.29) is 52.5 Å². The van der Waals surface area contributed by atoms with Gasteiger partial charge in [-0.1, -0.05) is 65.5 Å². The SMILES string of the molecule is CC.CC.Cc1[c-]oc(=O)c(C(=O)/C=C/C2CCCCC2)c1O.[La]. The van der Waals surface area contributed by atoms with Crippen LogP contribution in [0.25, 0.3) is 0 Å².